The fourth-order valence-corrected chi connectivity index (χ4v) is 4.85. The van der Waals surface area contributed by atoms with Crippen molar-refractivity contribution in [3.63, 3.8) is 0 Å². The normalized spacial score (nSPS) is 21.6. The van der Waals surface area contributed by atoms with Crippen molar-refractivity contribution in [2.45, 2.75) is 26.2 Å². The summed E-state index contributed by atoms with van der Waals surface area (Å²) in [5.41, 5.74) is 3.27. The predicted octanol–water partition coefficient (Wildman–Crippen LogP) is 3.96. The van der Waals surface area contributed by atoms with Crippen LogP contribution >= 0.6 is 36.2 Å². The molecule has 2 aromatic rings. The molecule has 1 aromatic heterocycles. The second kappa shape index (κ2) is 9.87. The van der Waals surface area contributed by atoms with Crippen molar-refractivity contribution in [1.29, 1.82) is 0 Å². The lowest BCUT2D eigenvalue weighted by molar-refractivity contribution is -0.130. The van der Waals surface area contributed by atoms with Crippen LogP contribution in [0.5, 0.6) is 0 Å². The number of hydrogen-bond acceptors (Lipinski definition) is 4. The Morgan fingerprint density at radius 1 is 1.22 bits per heavy atom. The van der Waals surface area contributed by atoms with Crippen molar-refractivity contribution in [2.75, 3.05) is 26.2 Å². The number of benzene rings is 1. The summed E-state index contributed by atoms with van der Waals surface area (Å²) >= 11 is 1.63. The van der Waals surface area contributed by atoms with Crippen LogP contribution in [-0.4, -0.2) is 42.0 Å². The maximum atomic E-state index is 12.7. The van der Waals surface area contributed by atoms with Gasteiger partial charge in [-0.05, 0) is 50.8 Å². The van der Waals surface area contributed by atoms with Crippen molar-refractivity contribution < 1.29 is 4.79 Å². The van der Waals surface area contributed by atoms with Crippen molar-refractivity contribution in [2.24, 2.45) is 11.8 Å². The summed E-state index contributed by atoms with van der Waals surface area (Å²) in [6, 6.07) is 8.37. The van der Waals surface area contributed by atoms with E-state index in [1.54, 1.807) is 11.3 Å². The van der Waals surface area contributed by atoms with Crippen LogP contribution in [0.15, 0.2) is 29.6 Å². The number of amides is 1. The Hall–Kier alpha value is -1.14. The van der Waals surface area contributed by atoms with Gasteiger partial charge in [0.05, 0.1) is 12.1 Å². The Morgan fingerprint density at radius 3 is 2.59 bits per heavy atom. The minimum Gasteiger partial charge on any atom is -0.342 e. The largest absolute Gasteiger partial charge is 0.342 e. The van der Waals surface area contributed by atoms with Crippen LogP contribution in [-0.2, 0) is 11.2 Å². The van der Waals surface area contributed by atoms with Crippen LogP contribution in [0.4, 0.5) is 0 Å². The van der Waals surface area contributed by atoms with E-state index in [0.717, 1.165) is 67.1 Å². The molecule has 7 heteroatoms. The standard InChI is InChI=1S/C20H25N3OS.2ClH/c1-14-3-2-4-15(9-14)20-22-18(13-25-20)10-19(24)23-7-5-16-11-21-12-17(16)6-8-23;;/h2-4,9,13,16-17,21H,5-8,10-12H2,1H3;2*1H/t16-,17+;;. The Kier molecular flexibility index (Phi) is 8.10. The van der Waals surface area contributed by atoms with Gasteiger partial charge in [-0.2, -0.15) is 0 Å². The fraction of sp³-hybridized carbons (Fsp3) is 0.500. The number of aryl methyl sites for hydroxylation is 1. The van der Waals surface area contributed by atoms with Gasteiger partial charge in [-0.15, -0.1) is 36.2 Å². The fourth-order valence-electron chi connectivity index (χ4n) is 4.03. The van der Waals surface area contributed by atoms with E-state index in [2.05, 4.69) is 41.4 Å². The number of likely N-dealkylation sites (tertiary alicyclic amines) is 1. The zero-order valence-corrected chi connectivity index (χ0v) is 18.0. The maximum absolute atomic E-state index is 12.7. The number of hydrogen-bond donors (Lipinski definition) is 1. The molecular formula is C20H27Cl2N3OS. The van der Waals surface area contributed by atoms with Crippen LogP contribution in [0, 0.1) is 18.8 Å². The van der Waals surface area contributed by atoms with Crippen LogP contribution in [0.25, 0.3) is 10.6 Å². The summed E-state index contributed by atoms with van der Waals surface area (Å²) in [4.78, 5) is 19.5. The highest BCUT2D eigenvalue weighted by Crippen LogP contribution is 2.28. The molecule has 148 valence electrons. The molecule has 2 atom stereocenters. The summed E-state index contributed by atoms with van der Waals surface area (Å²) in [5, 5.41) is 6.52. The van der Waals surface area contributed by atoms with E-state index in [1.165, 1.54) is 5.56 Å². The molecule has 2 aliphatic heterocycles. The molecule has 0 bridgehead atoms. The lowest BCUT2D eigenvalue weighted by Gasteiger charge is -2.20. The lowest BCUT2D eigenvalue weighted by Crippen LogP contribution is -2.34. The van der Waals surface area contributed by atoms with E-state index in [9.17, 15) is 4.79 Å². The first-order chi connectivity index (χ1) is 12.2. The van der Waals surface area contributed by atoms with Crippen molar-refractivity contribution in [1.82, 2.24) is 15.2 Å². The quantitative estimate of drug-likeness (QED) is 0.805. The minimum atomic E-state index is 0. The Labute approximate surface area is 177 Å². The second-order valence-corrected chi connectivity index (χ2v) is 8.18. The second-order valence-electron chi connectivity index (χ2n) is 7.33. The molecule has 1 aromatic carbocycles. The van der Waals surface area contributed by atoms with Gasteiger partial charge >= 0.3 is 0 Å². The van der Waals surface area contributed by atoms with Crippen molar-refractivity contribution in [3.8, 4) is 10.6 Å². The molecule has 2 fully saturated rings. The van der Waals surface area contributed by atoms with E-state index in [-0.39, 0.29) is 30.7 Å². The highest BCUT2D eigenvalue weighted by Gasteiger charge is 2.31. The number of nitrogens with zero attached hydrogens (tertiary/aromatic N) is 2. The van der Waals surface area contributed by atoms with E-state index in [0.29, 0.717) is 6.42 Å². The molecule has 4 rings (SSSR count). The molecule has 4 nitrogen and oxygen atoms in total. The molecule has 0 unspecified atom stereocenters. The summed E-state index contributed by atoms with van der Waals surface area (Å²) < 4.78 is 0. The van der Waals surface area contributed by atoms with Crippen LogP contribution in [0.1, 0.15) is 24.1 Å². The van der Waals surface area contributed by atoms with Crippen LogP contribution in [0.2, 0.25) is 0 Å². The average Bonchev–Trinajstić information content (AvgIpc) is 3.20. The van der Waals surface area contributed by atoms with Gasteiger partial charge < -0.3 is 10.2 Å². The van der Waals surface area contributed by atoms with E-state index in [4.69, 9.17) is 4.98 Å². The summed E-state index contributed by atoms with van der Waals surface area (Å²) in [6.45, 7) is 6.14. The SMILES string of the molecule is Cc1cccc(-c2nc(CC(=O)N3CC[C@@H]4CNC[C@@H]4CC3)cs2)c1.Cl.Cl. The maximum Gasteiger partial charge on any atom is 0.228 e. The molecular weight excluding hydrogens is 401 g/mol. The molecule has 27 heavy (non-hydrogen) atoms. The van der Waals surface area contributed by atoms with Gasteiger partial charge in [0.25, 0.3) is 0 Å². The summed E-state index contributed by atoms with van der Waals surface area (Å²) in [7, 11) is 0. The molecule has 0 radical (unpaired) electrons. The lowest BCUT2D eigenvalue weighted by atomic mass is 9.92. The molecule has 2 saturated heterocycles. The molecule has 2 aliphatic rings. The Balaban J connectivity index is 0.00000131. The van der Waals surface area contributed by atoms with Gasteiger partial charge in [-0.3, -0.25) is 4.79 Å². The molecule has 3 heterocycles. The van der Waals surface area contributed by atoms with Gasteiger partial charge in [0, 0.05) is 24.0 Å². The number of halogens is 2. The molecule has 1 amide bonds. The zero-order chi connectivity index (χ0) is 17.2. The zero-order valence-electron chi connectivity index (χ0n) is 15.5. The summed E-state index contributed by atoms with van der Waals surface area (Å²) in [5.74, 6) is 1.74. The number of carbonyl (C=O) groups excluding carboxylic acids is 1. The third-order valence-electron chi connectivity index (χ3n) is 5.52. The first-order valence-corrected chi connectivity index (χ1v) is 10.1. The monoisotopic (exact) mass is 427 g/mol. The van der Waals surface area contributed by atoms with Crippen molar-refractivity contribution >= 4 is 42.1 Å². The highest BCUT2D eigenvalue weighted by atomic mass is 35.5. The first-order valence-electron chi connectivity index (χ1n) is 9.19. The molecule has 0 aliphatic carbocycles. The molecule has 0 saturated carbocycles. The summed E-state index contributed by atoms with van der Waals surface area (Å²) in [6.07, 6.45) is 2.69. The smallest absolute Gasteiger partial charge is 0.228 e. The third kappa shape index (κ3) is 5.23. The molecule has 1 N–H and O–H groups in total. The number of carbonyl (C=O) groups is 1. The number of fused-ring (bicyclic) bond motifs is 1. The average molecular weight is 428 g/mol. The van der Waals surface area contributed by atoms with Gasteiger partial charge in [0.2, 0.25) is 5.91 Å². The Bertz CT molecular complexity index is 753. The Morgan fingerprint density at radius 2 is 1.93 bits per heavy atom. The predicted molar refractivity (Wildman–Crippen MR) is 116 cm³/mol. The highest BCUT2D eigenvalue weighted by molar-refractivity contribution is 7.13. The number of rotatable bonds is 3. The van der Waals surface area contributed by atoms with Gasteiger partial charge in [0.15, 0.2) is 0 Å². The number of nitrogens with one attached hydrogen (secondary N) is 1. The number of aromatic nitrogens is 1. The van der Waals surface area contributed by atoms with Gasteiger partial charge in [-0.25, -0.2) is 4.98 Å². The van der Waals surface area contributed by atoms with Crippen LogP contribution < -0.4 is 5.32 Å². The van der Waals surface area contributed by atoms with E-state index >= 15 is 0 Å². The third-order valence-corrected chi connectivity index (χ3v) is 6.46. The van der Waals surface area contributed by atoms with Crippen molar-refractivity contribution in [3.05, 3.63) is 40.9 Å². The van der Waals surface area contributed by atoms with Crippen LogP contribution in [0.3, 0.4) is 0 Å². The van der Waals surface area contributed by atoms with E-state index < -0.39 is 0 Å². The van der Waals surface area contributed by atoms with Gasteiger partial charge in [-0.1, -0.05) is 23.8 Å². The van der Waals surface area contributed by atoms with E-state index in [1.807, 2.05) is 5.38 Å². The minimum absolute atomic E-state index is 0. The number of thiazole rings is 1. The molecule has 0 spiro atoms. The van der Waals surface area contributed by atoms with Gasteiger partial charge in [0.1, 0.15) is 5.01 Å². The topological polar surface area (TPSA) is 45.2 Å². The first kappa shape index (κ1) is 22.2.